The second kappa shape index (κ2) is 7.85. The molecule has 0 bridgehead atoms. The van der Waals surface area contributed by atoms with Gasteiger partial charge in [0.1, 0.15) is 0 Å². The molecule has 0 aliphatic rings. The maximum atomic E-state index is 5.93. The van der Waals surface area contributed by atoms with Crippen LogP contribution in [0.3, 0.4) is 0 Å². The Morgan fingerprint density at radius 2 is 1.95 bits per heavy atom. The van der Waals surface area contributed by atoms with Crippen molar-refractivity contribution < 1.29 is 0 Å². The number of aryl methyl sites for hydroxylation is 1. The highest BCUT2D eigenvalue weighted by Gasteiger charge is 2.09. The fraction of sp³-hybridized carbons (Fsp3) is 0.333. The first-order valence-corrected chi connectivity index (χ1v) is 9.21. The zero-order valence-electron chi connectivity index (χ0n) is 11.5. The summed E-state index contributed by atoms with van der Waals surface area (Å²) in [6, 6.07) is 10.3. The van der Waals surface area contributed by atoms with Crippen LogP contribution in [-0.4, -0.2) is 25.5 Å². The van der Waals surface area contributed by atoms with E-state index in [1.807, 2.05) is 23.9 Å². The number of benzene rings is 1. The molecule has 1 aromatic carbocycles. The SMILES string of the molecule is CN(C)CCCc1cc(Br)sc1Sc1ccc(Cl)cc1. The molecule has 1 aromatic heterocycles. The molecular formula is C15H17BrClNS2. The summed E-state index contributed by atoms with van der Waals surface area (Å²) in [6.45, 7) is 1.12. The predicted octanol–water partition coefficient (Wildman–Crippen LogP) is 5.81. The summed E-state index contributed by atoms with van der Waals surface area (Å²) in [5.74, 6) is 0. The molecule has 108 valence electrons. The second-order valence-electron chi connectivity index (χ2n) is 4.83. The van der Waals surface area contributed by atoms with Crippen LogP contribution in [0.15, 0.2) is 43.2 Å². The molecule has 0 unspecified atom stereocenters. The van der Waals surface area contributed by atoms with Gasteiger partial charge in [-0.05, 0) is 85.3 Å². The summed E-state index contributed by atoms with van der Waals surface area (Å²) < 4.78 is 2.58. The van der Waals surface area contributed by atoms with E-state index in [-0.39, 0.29) is 0 Å². The number of nitrogens with zero attached hydrogens (tertiary/aromatic N) is 1. The highest BCUT2D eigenvalue weighted by molar-refractivity contribution is 9.11. The Kier molecular flexibility index (Phi) is 6.43. The quantitative estimate of drug-likeness (QED) is 0.612. The molecule has 0 radical (unpaired) electrons. The van der Waals surface area contributed by atoms with Crippen molar-refractivity contribution in [3.8, 4) is 0 Å². The molecule has 0 amide bonds. The van der Waals surface area contributed by atoms with Crippen molar-refractivity contribution in [2.45, 2.75) is 21.9 Å². The second-order valence-corrected chi connectivity index (χ2v) is 9.04. The average Bonchev–Trinajstić information content (AvgIpc) is 2.72. The van der Waals surface area contributed by atoms with Gasteiger partial charge < -0.3 is 4.90 Å². The summed E-state index contributed by atoms with van der Waals surface area (Å²) in [5, 5.41) is 0.785. The zero-order valence-corrected chi connectivity index (χ0v) is 15.5. The molecule has 20 heavy (non-hydrogen) atoms. The molecular weight excluding hydrogens is 374 g/mol. The van der Waals surface area contributed by atoms with Crippen LogP contribution >= 0.6 is 50.6 Å². The lowest BCUT2D eigenvalue weighted by molar-refractivity contribution is 0.400. The molecule has 5 heteroatoms. The van der Waals surface area contributed by atoms with Crippen molar-refractivity contribution in [1.29, 1.82) is 0 Å². The Bertz CT molecular complexity index is 552. The van der Waals surface area contributed by atoms with Crippen LogP contribution in [0.2, 0.25) is 5.02 Å². The first-order chi connectivity index (χ1) is 9.54. The number of halogens is 2. The van der Waals surface area contributed by atoms with Crippen molar-refractivity contribution in [3.05, 3.63) is 44.7 Å². The van der Waals surface area contributed by atoms with Crippen LogP contribution in [0, 0.1) is 0 Å². The largest absolute Gasteiger partial charge is 0.309 e. The van der Waals surface area contributed by atoms with E-state index in [2.05, 4.69) is 53.1 Å². The summed E-state index contributed by atoms with van der Waals surface area (Å²) in [4.78, 5) is 3.46. The van der Waals surface area contributed by atoms with Gasteiger partial charge in [0, 0.05) is 9.92 Å². The highest BCUT2D eigenvalue weighted by atomic mass is 79.9. The van der Waals surface area contributed by atoms with Gasteiger partial charge in [0.15, 0.2) is 0 Å². The minimum atomic E-state index is 0.785. The third kappa shape index (κ3) is 5.08. The van der Waals surface area contributed by atoms with Gasteiger partial charge >= 0.3 is 0 Å². The van der Waals surface area contributed by atoms with Crippen molar-refractivity contribution >= 4 is 50.6 Å². The molecule has 0 N–H and O–H groups in total. The summed E-state index contributed by atoms with van der Waals surface area (Å²) in [5.41, 5.74) is 1.43. The van der Waals surface area contributed by atoms with E-state index in [4.69, 9.17) is 11.6 Å². The number of hydrogen-bond donors (Lipinski definition) is 0. The molecule has 0 atom stereocenters. The predicted molar refractivity (Wildman–Crippen MR) is 94.5 cm³/mol. The maximum absolute atomic E-state index is 5.93. The minimum absolute atomic E-state index is 0.785. The molecule has 0 aliphatic heterocycles. The van der Waals surface area contributed by atoms with E-state index in [9.17, 15) is 0 Å². The van der Waals surface area contributed by atoms with Crippen molar-refractivity contribution in [2.75, 3.05) is 20.6 Å². The van der Waals surface area contributed by atoms with Crippen LogP contribution < -0.4 is 0 Å². The highest BCUT2D eigenvalue weighted by Crippen LogP contribution is 2.39. The third-order valence-electron chi connectivity index (χ3n) is 2.82. The van der Waals surface area contributed by atoms with E-state index >= 15 is 0 Å². The topological polar surface area (TPSA) is 3.24 Å². The van der Waals surface area contributed by atoms with Crippen molar-refractivity contribution in [3.63, 3.8) is 0 Å². The van der Waals surface area contributed by atoms with Crippen LogP contribution in [-0.2, 0) is 6.42 Å². The Morgan fingerprint density at radius 1 is 1.25 bits per heavy atom. The maximum Gasteiger partial charge on any atom is 0.0713 e. The van der Waals surface area contributed by atoms with Gasteiger partial charge in [0.2, 0.25) is 0 Å². The molecule has 2 aromatic rings. The standard InChI is InChI=1S/C15H17BrClNS2/c1-18(2)9-3-4-11-10-14(16)20-15(11)19-13-7-5-12(17)6-8-13/h5-8,10H,3-4,9H2,1-2H3. The Labute approximate surface area is 142 Å². The lowest BCUT2D eigenvalue weighted by atomic mass is 10.2. The van der Waals surface area contributed by atoms with Gasteiger partial charge in [-0.1, -0.05) is 23.4 Å². The fourth-order valence-electron chi connectivity index (χ4n) is 1.84. The van der Waals surface area contributed by atoms with Gasteiger partial charge in [0.05, 0.1) is 8.00 Å². The van der Waals surface area contributed by atoms with Gasteiger partial charge in [-0.2, -0.15) is 0 Å². The number of rotatable bonds is 6. The van der Waals surface area contributed by atoms with Crippen LogP contribution in [0.4, 0.5) is 0 Å². The zero-order chi connectivity index (χ0) is 14.5. The van der Waals surface area contributed by atoms with E-state index in [1.54, 1.807) is 11.3 Å². The minimum Gasteiger partial charge on any atom is -0.309 e. The molecule has 0 saturated carbocycles. The summed E-state index contributed by atoms with van der Waals surface area (Å²) in [6.07, 6.45) is 2.31. The van der Waals surface area contributed by atoms with Crippen molar-refractivity contribution in [2.24, 2.45) is 0 Å². The van der Waals surface area contributed by atoms with Crippen LogP contribution in [0.5, 0.6) is 0 Å². The van der Waals surface area contributed by atoms with Gasteiger partial charge in [-0.15, -0.1) is 11.3 Å². The summed E-state index contributed by atoms with van der Waals surface area (Å²) in [7, 11) is 4.24. The first kappa shape index (κ1) is 16.4. The van der Waals surface area contributed by atoms with Crippen molar-refractivity contribution in [1.82, 2.24) is 4.90 Å². The molecule has 0 aliphatic carbocycles. The lowest BCUT2D eigenvalue weighted by Gasteiger charge is -2.09. The first-order valence-electron chi connectivity index (χ1n) is 6.41. The van der Waals surface area contributed by atoms with E-state index in [0.717, 1.165) is 18.0 Å². The Hall–Kier alpha value is -0.000000000000000167. The number of hydrogen-bond acceptors (Lipinski definition) is 3. The molecule has 1 heterocycles. The van der Waals surface area contributed by atoms with E-state index in [0.29, 0.717) is 0 Å². The lowest BCUT2D eigenvalue weighted by Crippen LogP contribution is -2.13. The monoisotopic (exact) mass is 389 g/mol. The molecule has 1 nitrogen and oxygen atoms in total. The third-order valence-corrected chi connectivity index (χ3v) is 6.00. The molecule has 2 rings (SSSR count). The molecule has 0 fully saturated rings. The smallest absolute Gasteiger partial charge is 0.0713 e. The Morgan fingerprint density at radius 3 is 2.60 bits per heavy atom. The van der Waals surface area contributed by atoms with Gasteiger partial charge in [-0.3, -0.25) is 0 Å². The van der Waals surface area contributed by atoms with Crippen LogP contribution in [0.25, 0.3) is 0 Å². The fourth-order valence-corrected chi connectivity index (χ4v) is 5.22. The van der Waals surface area contributed by atoms with Gasteiger partial charge in [-0.25, -0.2) is 0 Å². The van der Waals surface area contributed by atoms with Gasteiger partial charge in [0.25, 0.3) is 0 Å². The molecule has 0 spiro atoms. The van der Waals surface area contributed by atoms with E-state index in [1.165, 1.54) is 24.9 Å². The normalized spacial score (nSPS) is 11.2. The van der Waals surface area contributed by atoms with Crippen LogP contribution in [0.1, 0.15) is 12.0 Å². The number of thiophene rings is 1. The van der Waals surface area contributed by atoms with E-state index < -0.39 is 0 Å². The summed E-state index contributed by atoms with van der Waals surface area (Å²) >= 11 is 13.2. The Balaban J connectivity index is 2.05. The molecule has 0 saturated heterocycles. The average molecular weight is 391 g/mol.